The molecule has 6 nitrogen and oxygen atoms in total. The van der Waals surface area contributed by atoms with Crippen molar-refractivity contribution < 1.29 is 0 Å². The van der Waals surface area contributed by atoms with Crippen LogP contribution in [0.25, 0.3) is 0 Å². The van der Waals surface area contributed by atoms with Gasteiger partial charge in [-0.1, -0.05) is 12.1 Å². The van der Waals surface area contributed by atoms with Crippen LogP contribution in [0, 0.1) is 5.92 Å². The van der Waals surface area contributed by atoms with Gasteiger partial charge >= 0.3 is 0 Å². The highest BCUT2D eigenvalue weighted by molar-refractivity contribution is 5.23. The highest BCUT2D eigenvalue weighted by Gasteiger charge is 2.34. The Kier molecular flexibility index (Phi) is 5.66. The molecule has 0 spiro atoms. The van der Waals surface area contributed by atoms with Crippen molar-refractivity contribution >= 4 is 0 Å². The second-order valence-electron chi connectivity index (χ2n) is 9.04. The first kappa shape index (κ1) is 20.1. The number of rotatable bonds is 6. The predicted octanol–water partition coefficient (Wildman–Crippen LogP) is 2.89. The molecule has 0 N–H and O–H groups in total. The Labute approximate surface area is 183 Å². The molecule has 2 atom stereocenters. The largest absolute Gasteiger partial charge is 0.312 e. The summed E-state index contributed by atoms with van der Waals surface area (Å²) in [6, 6.07) is 14.4. The molecule has 1 fully saturated rings. The second kappa shape index (κ2) is 8.73. The molecular formula is C25H29N5O. The number of likely N-dealkylation sites (tertiary alicyclic amines) is 1. The van der Waals surface area contributed by atoms with Gasteiger partial charge in [-0.05, 0) is 55.3 Å². The van der Waals surface area contributed by atoms with Crippen LogP contribution in [0.4, 0.5) is 0 Å². The summed E-state index contributed by atoms with van der Waals surface area (Å²) in [7, 11) is 2.05. The van der Waals surface area contributed by atoms with Crippen LogP contribution in [0.1, 0.15) is 34.9 Å². The van der Waals surface area contributed by atoms with Crippen LogP contribution in [0.5, 0.6) is 0 Å². The number of pyridine rings is 3. The normalized spacial score (nSPS) is 20.6. The van der Waals surface area contributed by atoms with Crippen LogP contribution < -0.4 is 5.56 Å². The quantitative estimate of drug-likeness (QED) is 0.620. The van der Waals surface area contributed by atoms with E-state index in [2.05, 4.69) is 42.5 Å². The van der Waals surface area contributed by atoms with Crippen LogP contribution in [-0.4, -0.2) is 44.5 Å². The minimum atomic E-state index is 0.183. The van der Waals surface area contributed by atoms with E-state index in [9.17, 15) is 4.79 Å². The standard InChI is InChI=1S/C25H29N5O/c1-28(18-23-4-2-3-9-27-23)16-21-5-6-24-22-12-20(15-30(24)25(21)31)14-29(17-22)13-19-7-10-26-11-8-19/h2-11,20,22H,12-18H2,1H3/t20-,22+/m0/s1. The number of piperidine rings is 1. The summed E-state index contributed by atoms with van der Waals surface area (Å²) in [5, 5.41) is 0. The molecule has 3 aromatic heterocycles. The average Bonchev–Trinajstić information content (AvgIpc) is 2.77. The van der Waals surface area contributed by atoms with Crippen LogP contribution in [0.15, 0.2) is 65.8 Å². The van der Waals surface area contributed by atoms with Gasteiger partial charge < -0.3 is 4.57 Å². The lowest BCUT2D eigenvalue weighted by Gasteiger charge is -2.43. The van der Waals surface area contributed by atoms with Gasteiger partial charge in [0, 0.05) is 75.0 Å². The first-order valence-electron chi connectivity index (χ1n) is 11.1. The van der Waals surface area contributed by atoms with E-state index in [0.717, 1.165) is 44.0 Å². The topological polar surface area (TPSA) is 54.3 Å². The van der Waals surface area contributed by atoms with Gasteiger partial charge in [-0.2, -0.15) is 0 Å². The summed E-state index contributed by atoms with van der Waals surface area (Å²) >= 11 is 0. The summed E-state index contributed by atoms with van der Waals surface area (Å²) in [5.74, 6) is 0.967. The molecule has 6 heteroatoms. The maximum absolute atomic E-state index is 13.3. The molecule has 31 heavy (non-hydrogen) atoms. The van der Waals surface area contributed by atoms with Gasteiger partial charge in [-0.3, -0.25) is 24.6 Å². The minimum absolute atomic E-state index is 0.183. The zero-order chi connectivity index (χ0) is 21.2. The monoisotopic (exact) mass is 415 g/mol. The fraction of sp³-hybridized carbons (Fsp3) is 0.400. The SMILES string of the molecule is CN(Cc1ccccn1)Cc1ccc2n(c1=O)C[C@H]1C[C@@H]2CN(Cc2ccncc2)C1. The lowest BCUT2D eigenvalue weighted by molar-refractivity contribution is 0.114. The number of aromatic nitrogens is 3. The van der Waals surface area contributed by atoms with E-state index in [-0.39, 0.29) is 5.56 Å². The molecular weight excluding hydrogens is 386 g/mol. The zero-order valence-electron chi connectivity index (χ0n) is 18.0. The van der Waals surface area contributed by atoms with Gasteiger partial charge in [-0.25, -0.2) is 0 Å². The number of hydrogen-bond acceptors (Lipinski definition) is 5. The summed E-state index contributed by atoms with van der Waals surface area (Å²) in [5.41, 5.74) is 4.58. The first-order valence-corrected chi connectivity index (χ1v) is 11.1. The molecule has 5 rings (SSSR count). The fourth-order valence-electron chi connectivity index (χ4n) is 5.20. The lowest BCUT2D eigenvalue weighted by Crippen LogP contribution is -2.47. The lowest BCUT2D eigenvalue weighted by atomic mass is 9.83. The fourth-order valence-corrected chi connectivity index (χ4v) is 5.20. The zero-order valence-corrected chi connectivity index (χ0v) is 18.0. The highest BCUT2D eigenvalue weighted by atomic mass is 16.1. The van der Waals surface area contributed by atoms with E-state index in [4.69, 9.17) is 0 Å². The summed E-state index contributed by atoms with van der Waals surface area (Å²) in [6.45, 7) is 5.22. The predicted molar refractivity (Wildman–Crippen MR) is 120 cm³/mol. The Hall–Kier alpha value is -2.83. The third-order valence-corrected chi connectivity index (χ3v) is 6.51. The van der Waals surface area contributed by atoms with E-state index >= 15 is 0 Å². The number of hydrogen-bond donors (Lipinski definition) is 0. The maximum Gasteiger partial charge on any atom is 0.255 e. The Bertz CT molecular complexity index is 1080. The van der Waals surface area contributed by atoms with Gasteiger partial charge in [0.05, 0.1) is 5.69 Å². The average molecular weight is 416 g/mol. The highest BCUT2D eigenvalue weighted by Crippen LogP contribution is 2.35. The molecule has 0 aromatic carbocycles. The van der Waals surface area contributed by atoms with Crippen molar-refractivity contribution in [3.63, 3.8) is 0 Å². The molecule has 1 saturated heterocycles. The molecule has 0 amide bonds. The Morgan fingerprint density at radius 2 is 1.87 bits per heavy atom. The molecule has 2 bridgehead atoms. The van der Waals surface area contributed by atoms with Crippen molar-refractivity contribution in [1.82, 2.24) is 24.3 Å². The molecule has 2 aliphatic heterocycles. The summed E-state index contributed by atoms with van der Waals surface area (Å²) in [4.78, 5) is 26.5. The number of nitrogens with zero attached hydrogens (tertiary/aromatic N) is 5. The van der Waals surface area contributed by atoms with Gasteiger partial charge in [0.15, 0.2) is 0 Å². The second-order valence-corrected chi connectivity index (χ2v) is 9.04. The molecule has 0 unspecified atom stereocenters. The van der Waals surface area contributed by atoms with Crippen LogP contribution in [-0.2, 0) is 26.2 Å². The molecule has 5 heterocycles. The van der Waals surface area contributed by atoms with Crippen LogP contribution in [0.3, 0.4) is 0 Å². The Balaban J connectivity index is 1.30. The van der Waals surface area contributed by atoms with Crippen molar-refractivity contribution in [3.8, 4) is 0 Å². The van der Waals surface area contributed by atoms with Crippen molar-refractivity contribution in [2.45, 2.75) is 38.5 Å². The van der Waals surface area contributed by atoms with Gasteiger partial charge in [0.2, 0.25) is 0 Å². The van der Waals surface area contributed by atoms with E-state index in [1.165, 1.54) is 17.7 Å². The van der Waals surface area contributed by atoms with Crippen molar-refractivity contribution in [2.75, 3.05) is 20.1 Å². The third-order valence-electron chi connectivity index (χ3n) is 6.51. The Morgan fingerprint density at radius 3 is 2.68 bits per heavy atom. The molecule has 0 radical (unpaired) electrons. The molecule has 160 valence electrons. The van der Waals surface area contributed by atoms with Gasteiger partial charge in [-0.15, -0.1) is 0 Å². The van der Waals surface area contributed by atoms with E-state index in [0.29, 0.717) is 18.4 Å². The number of fused-ring (bicyclic) bond motifs is 4. The van der Waals surface area contributed by atoms with Crippen molar-refractivity contribution in [1.29, 1.82) is 0 Å². The molecule has 0 aliphatic carbocycles. The van der Waals surface area contributed by atoms with Crippen molar-refractivity contribution in [2.24, 2.45) is 5.92 Å². The van der Waals surface area contributed by atoms with E-state index < -0.39 is 0 Å². The molecule has 0 saturated carbocycles. The van der Waals surface area contributed by atoms with Crippen LogP contribution in [0.2, 0.25) is 0 Å². The van der Waals surface area contributed by atoms with Crippen LogP contribution >= 0.6 is 0 Å². The maximum atomic E-state index is 13.3. The molecule has 3 aromatic rings. The minimum Gasteiger partial charge on any atom is -0.312 e. The van der Waals surface area contributed by atoms with E-state index in [1.807, 2.05) is 49.9 Å². The third kappa shape index (κ3) is 4.45. The molecule has 2 aliphatic rings. The first-order chi connectivity index (χ1) is 15.2. The van der Waals surface area contributed by atoms with Gasteiger partial charge in [0.25, 0.3) is 5.56 Å². The van der Waals surface area contributed by atoms with Crippen molar-refractivity contribution in [3.05, 3.63) is 93.9 Å². The smallest absolute Gasteiger partial charge is 0.255 e. The summed E-state index contributed by atoms with van der Waals surface area (Å²) < 4.78 is 2.06. The van der Waals surface area contributed by atoms with E-state index in [1.54, 1.807) is 0 Å². The van der Waals surface area contributed by atoms with Gasteiger partial charge in [0.1, 0.15) is 0 Å². The summed E-state index contributed by atoms with van der Waals surface area (Å²) in [6.07, 6.45) is 6.72. The Morgan fingerprint density at radius 1 is 1.00 bits per heavy atom.